The van der Waals surface area contributed by atoms with Gasteiger partial charge >= 0.3 is 0 Å². The maximum Gasteiger partial charge on any atom is 0.249 e. The maximum atomic E-state index is 12.4. The number of anilines is 1. The molecule has 0 bridgehead atoms. The highest BCUT2D eigenvalue weighted by atomic mass is 32.1. The minimum Gasteiger partial charge on any atom is -0.367 e. The van der Waals surface area contributed by atoms with Crippen molar-refractivity contribution in [2.75, 3.05) is 25.0 Å². The molecule has 0 aliphatic heterocycles. The van der Waals surface area contributed by atoms with Crippen molar-refractivity contribution in [3.63, 3.8) is 0 Å². The number of aromatic nitrogens is 1. The second-order valence-electron chi connectivity index (χ2n) is 5.99. The number of benzene rings is 1. The molecule has 1 aromatic heterocycles. The van der Waals surface area contributed by atoms with Crippen LogP contribution in [0.25, 0.3) is 0 Å². The third-order valence-electron chi connectivity index (χ3n) is 3.67. The smallest absolute Gasteiger partial charge is 0.249 e. The zero-order valence-corrected chi connectivity index (χ0v) is 16.1. The molecule has 6 nitrogen and oxygen atoms in total. The van der Waals surface area contributed by atoms with Gasteiger partial charge in [0, 0.05) is 11.9 Å². The number of unbranched alkanes of at least 4 members (excludes halogenated alkanes) is 1. The van der Waals surface area contributed by atoms with Crippen LogP contribution in [0, 0.1) is 6.92 Å². The van der Waals surface area contributed by atoms with Crippen molar-refractivity contribution in [1.82, 2.24) is 9.88 Å². The molecule has 7 heteroatoms. The monoisotopic (exact) mass is 375 g/mol. The van der Waals surface area contributed by atoms with Crippen LogP contribution in [0.3, 0.4) is 0 Å². The van der Waals surface area contributed by atoms with Gasteiger partial charge in [-0.1, -0.05) is 43.7 Å². The molecule has 0 saturated heterocycles. The first-order valence-electron chi connectivity index (χ1n) is 8.70. The Bertz CT molecular complexity index is 703. The van der Waals surface area contributed by atoms with Crippen molar-refractivity contribution < 1.29 is 14.3 Å². The first-order valence-corrected chi connectivity index (χ1v) is 9.58. The summed E-state index contributed by atoms with van der Waals surface area (Å²) in [7, 11) is 0. The van der Waals surface area contributed by atoms with E-state index in [0.29, 0.717) is 18.3 Å². The topological polar surface area (TPSA) is 71.5 Å². The van der Waals surface area contributed by atoms with E-state index in [2.05, 4.69) is 10.3 Å². The van der Waals surface area contributed by atoms with Gasteiger partial charge in [0.1, 0.15) is 6.61 Å². The van der Waals surface area contributed by atoms with Gasteiger partial charge in [0.15, 0.2) is 5.13 Å². The first kappa shape index (κ1) is 20.1. The van der Waals surface area contributed by atoms with Crippen molar-refractivity contribution in [2.24, 2.45) is 0 Å². The molecule has 0 fully saturated rings. The Morgan fingerprint density at radius 1 is 1.27 bits per heavy atom. The van der Waals surface area contributed by atoms with E-state index >= 15 is 0 Å². The molecule has 0 unspecified atom stereocenters. The second-order valence-corrected chi connectivity index (χ2v) is 6.85. The highest BCUT2D eigenvalue weighted by Crippen LogP contribution is 2.14. The van der Waals surface area contributed by atoms with Crippen LogP contribution in [0.2, 0.25) is 0 Å². The third kappa shape index (κ3) is 6.93. The average molecular weight is 375 g/mol. The summed E-state index contributed by atoms with van der Waals surface area (Å²) in [5, 5.41) is 5.16. The Morgan fingerprint density at radius 2 is 2.04 bits per heavy atom. The molecule has 0 aliphatic rings. The van der Waals surface area contributed by atoms with Gasteiger partial charge in [-0.25, -0.2) is 4.98 Å². The number of nitrogens with zero attached hydrogens (tertiary/aromatic N) is 2. The zero-order chi connectivity index (χ0) is 18.8. The Morgan fingerprint density at radius 3 is 2.69 bits per heavy atom. The summed E-state index contributed by atoms with van der Waals surface area (Å²) in [4.78, 5) is 30.4. The summed E-state index contributed by atoms with van der Waals surface area (Å²) in [6.45, 7) is 4.79. The largest absolute Gasteiger partial charge is 0.367 e. The molecule has 140 valence electrons. The number of nitrogens with one attached hydrogen (secondary N) is 1. The number of aryl methyl sites for hydroxylation is 1. The van der Waals surface area contributed by atoms with Crippen molar-refractivity contribution in [3.05, 3.63) is 47.0 Å². The van der Waals surface area contributed by atoms with E-state index in [0.717, 1.165) is 24.1 Å². The average Bonchev–Trinajstić information content (AvgIpc) is 3.04. The Labute approximate surface area is 158 Å². The van der Waals surface area contributed by atoms with Crippen LogP contribution in [0.15, 0.2) is 35.7 Å². The molecule has 0 saturated carbocycles. The summed E-state index contributed by atoms with van der Waals surface area (Å²) in [6, 6.07) is 9.69. The van der Waals surface area contributed by atoms with Crippen molar-refractivity contribution >= 4 is 28.3 Å². The van der Waals surface area contributed by atoms with E-state index in [1.807, 2.05) is 49.6 Å². The molecule has 2 amide bonds. The molecule has 26 heavy (non-hydrogen) atoms. The number of carbonyl (C=O) groups excluding carboxylic acids is 2. The molecule has 1 N–H and O–H groups in total. The Hall–Kier alpha value is -2.25. The summed E-state index contributed by atoms with van der Waals surface area (Å²) >= 11 is 1.37. The van der Waals surface area contributed by atoms with Gasteiger partial charge in [0.2, 0.25) is 11.8 Å². The van der Waals surface area contributed by atoms with Crippen molar-refractivity contribution in [1.29, 1.82) is 0 Å². The van der Waals surface area contributed by atoms with E-state index < -0.39 is 0 Å². The third-order valence-corrected chi connectivity index (χ3v) is 4.55. The van der Waals surface area contributed by atoms with Crippen molar-refractivity contribution in [3.8, 4) is 0 Å². The van der Waals surface area contributed by atoms with Crippen LogP contribution in [0.5, 0.6) is 0 Å². The summed E-state index contributed by atoms with van der Waals surface area (Å²) < 4.78 is 5.51. The predicted molar refractivity (Wildman–Crippen MR) is 103 cm³/mol. The van der Waals surface area contributed by atoms with Crippen LogP contribution in [0.1, 0.15) is 31.0 Å². The number of rotatable bonds is 10. The van der Waals surface area contributed by atoms with E-state index in [4.69, 9.17) is 4.74 Å². The molecule has 0 atom stereocenters. The van der Waals surface area contributed by atoms with Crippen LogP contribution in [0.4, 0.5) is 5.13 Å². The van der Waals surface area contributed by atoms with E-state index in [1.54, 1.807) is 4.90 Å². The van der Waals surface area contributed by atoms with Crippen molar-refractivity contribution in [2.45, 2.75) is 33.3 Å². The lowest BCUT2D eigenvalue weighted by atomic mass is 10.2. The number of thiazole rings is 1. The Kier molecular flexibility index (Phi) is 8.24. The zero-order valence-electron chi connectivity index (χ0n) is 15.2. The van der Waals surface area contributed by atoms with Gasteiger partial charge < -0.3 is 15.0 Å². The van der Waals surface area contributed by atoms with E-state index in [1.165, 1.54) is 11.3 Å². The van der Waals surface area contributed by atoms with Gasteiger partial charge in [-0.05, 0) is 18.9 Å². The lowest BCUT2D eigenvalue weighted by Gasteiger charge is -2.21. The minimum absolute atomic E-state index is 0.00611. The highest BCUT2D eigenvalue weighted by Gasteiger charge is 2.17. The molecule has 0 aliphatic carbocycles. The second kappa shape index (κ2) is 10.7. The predicted octanol–water partition coefficient (Wildman–Crippen LogP) is 3.24. The van der Waals surface area contributed by atoms with E-state index in [-0.39, 0.29) is 25.0 Å². The van der Waals surface area contributed by atoms with E-state index in [9.17, 15) is 9.59 Å². The highest BCUT2D eigenvalue weighted by molar-refractivity contribution is 7.13. The van der Waals surface area contributed by atoms with Crippen LogP contribution < -0.4 is 5.32 Å². The lowest BCUT2D eigenvalue weighted by molar-refractivity contribution is -0.139. The molecular formula is C19H25N3O3S. The molecule has 0 spiro atoms. The Balaban J connectivity index is 1.83. The number of hydrogen-bond acceptors (Lipinski definition) is 5. The molecule has 1 aromatic carbocycles. The standard InChI is InChI=1S/C19H25N3O3S/c1-3-4-10-22(11-17(23)21-19-20-15(2)14-26-19)18(24)13-25-12-16-8-6-5-7-9-16/h5-9,14H,3-4,10-13H2,1-2H3,(H,20,21,23). The number of ether oxygens (including phenoxy) is 1. The van der Waals surface area contributed by atoms with Gasteiger partial charge in [0.05, 0.1) is 18.8 Å². The summed E-state index contributed by atoms with van der Waals surface area (Å²) in [6.07, 6.45) is 1.79. The fraction of sp³-hybridized carbons (Fsp3) is 0.421. The molecule has 2 aromatic rings. The number of hydrogen-bond donors (Lipinski definition) is 1. The summed E-state index contributed by atoms with van der Waals surface area (Å²) in [5.41, 5.74) is 1.87. The lowest BCUT2D eigenvalue weighted by Crippen LogP contribution is -2.40. The number of carbonyl (C=O) groups is 2. The SMILES string of the molecule is CCCCN(CC(=O)Nc1nc(C)cs1)C(=O)COCc1ccccc1. The fourth-order valence-electron chi connectivity index (χ4n) is 2.31. The van der Waals surface area contributed by atoms with Gasteiger partial charge in [0.25, 0.3) is 0 Å². The fourth-order valence-corrected chi connectivity index (χ4v) is 3.01. The van der Waals surface area contributed by atoms with Gasteiger partial charge in [-0.15, -0.1) is 11.3 Å². The van der Waals surface area contributed by atoms with Crippen LogP contribution in [-0.2, 0) is 20.9 Å². The first-order chi connectivity index (χ1) is 12.6. The quantitative estimate of drug-likeness (QED) is 0.692. The molecule has 2 rings (SSSR count). The van der Waals surface area contributed by atoms with Crippen LogP contribution >= 0.6 is 11.3 Å². The number of amides is 2. The van der Waals surface area contributed by atoms with Gasteiger partial charge in [-0.3, -0.25) is 9.59 Å². The normalized spacial score (nSPS) is 10.5. The molecule has 1 heterocycles. The maximum absolute atomic E-state index is 12.4. The molecular weight excluding hydrogens is 350 g/mol. The minimum atomic E-state index is -0.244. The van der Waals surface area contributed by atoms with Gasteiger partial charge in [-0.2, -0.15) is 0 Å². The van der Waals surface area contributed by atoms with Crippen LogP contribution in [-0.4, -0.2) is 41.4 Å². The summed E-state index contributed by atoms with van der Waals surface area (Å²) in [5.74, 6) is -0.424. The molecule has 0 radical (unpaired) electrons.